The summed E-state index contributed by atoms with van der Waals surface area (Å²) in [6.45, 7) is 3.53. The van der Waals surface area contributed by atoms with E-state index in [1.807, 2.05) is 5.48 Å². The van der Waals surface area contributed by atoms with Gasteiger partial charge in [-0.1, -0.05) is 17.7 Å². The Labute approximate surface area is 107 Å². The molecule has 7 heteroatoms. The molecular weight excluding hydrogens is 258 g/mol. The van der Waals surface area contributed by atoms with Crippen LogP contribution >= 0.6 is 11.6 Å². The van der Waals surface area contributed by atoms with Gasteiger partial charge in [-0.05, 0) is 18.2 Å². The number of hydrogen-bond donors (Lipinski definition) is 2. The second-order valence-electron chi connectivity index (χ2n) is 3.44. The zero-order valence-electron chi connectivity index (χ0n) is 9.26. The van der Waals surface area contributed by atoms with Crippen molar-refractivity contribution in [1.82, 2.24) is 9.78 Å². The number of aromatic nitrogens is 2. The molecule has 0 atom stereocenters. The standard InChI is InChI=1S/C11H10ClN3O3/c1-2-3-10-13-15(11(16)18-10)9-5-4-7(12)6-8(9)14-17/h2,4-6,14,17H,1,3H2. The molecule has 0 saturated carbocycles. The molecule has 0 unspecified atom stereocenters. The fraction of sp³-hybridized carbons (Fsp3) is 0.0909. The fourth-order valence-electron chi connectivity index (χ4n) is 1.46. The van der Waals surface area contributed by atoms with Gasteiger partial charge in [0.15, 0.2) is 0 Å². The Morgan fingerprint density at radius 3 is 3.06 bits per heavy atom. The first-order chi connectivity index (χ1) is 8.65. The van der Waals surface area contributed by atoms with Crippen molar-refractivity contribution in [2.24, 2.45) is 0 Å². The number of rotatable bonds is 4. The average molecular weight is 268 g/mol. The van der Waals surface area contributed by atoms with Gasteiger partial charge in [-0.15, -0.1) is 11.7 Å². The number of allylic oxidation sites excluding steroid dienone is 1. The van der Waals surface area contributed by atoms with E-state index in [4.69, 9.17) is 21.2 Å². The largest absolute Gasteiger partial charge is 0.442 e. The summed E-state index contributed by atoms with van der Waals surface area (Å²) >= 11 is 5.78. The maximum absolute atomic E-state index is 11.6. The second kappa shape index (κ2) is 5.07. The number of hydrogen-bond acceptors (Lipinski definition) is 5. The Hall–Kier alpha value is -2.05. The first-order valence-corrected chi connectivity index (χ1v) is 5.43. The van der Waals surface area contributed by atoms with Gasteiger partial charge in [0.2, 0.25) is 5.89 Å². The molecule has 0 saturated heterocycles. The SMILES string of the molecule is C=CCc1nn(-c2ccc(Cl)cc2NO)c(=O)o1. The van der Waals surface area contributed by atoms with Crippen molar-refractivity contribution in [2.45, 2.75) is 6.42 Å². The first-order valence-electron chi connectivity index (χ1n) is 5.05. The molecule has 2 aromatic rings. The zero-order chi connectivity index (χ0) is 13.1. The van der Waals surface area contributed by atoms with Crippen LogP contribution in [0.15, 0.2) is 40.1 Å². The summed E-state index contributed by atoms with van der Waals surface area (Å²) < 4.78 is 5.96. The topological polar surface area (TPSA) is 80.3 Å². The number of nitrogens with zero attached hydrogens (tertiary/aromatic N) is 2. The molecule has 1 aromatic heterocycles. The van der Waals surface area contributed by atoms with Crippen LogP contribution in [0.4, 0.5) is 5.69 Å². The van der Waals surface area contributed by atoms with E-state index >= 15 is 0 Å². The Bertz CT molecular complexity index is 633. The monoisotopic (exact) mass is 267 g/mol. The van der Waals surface area contributed by atoms with Gasteiger partial charge in [-0.25, -0.2) is 4.79 Å². The van der Waals surface area contributed by atoms with E-state index in [9.17, 15) is 4.79 Å². The molecule has 18 heavy (non-hydrogen) atoms. The van der Waals surface area contributed by atoms with Gasteiger partial charge >= 0.3 is 5.76 Å². The van der Waals surface area contributed by atoms with E-state index in [-0.39, 0.29) is 11.6 Å². The van der Waals surface area contributed by atoms with Crippen LogP contribution in [0.2, 0.25) is 5.02 Å². The summed E-state index contributed by atoms with van der Waals surface area (Å²) in [5.74, 6) is -0.403. The highest BCUT2D eigenvalue weighted by Crippen LogP contribution is 2.22. The molecule has 0 aliphatic carbocycles. The molecule has 0 amide bonds. The minimum atomic E-state index is -0.648. The van der Waals surface area contributed by atoms with Crippen molar-refractivity contribution in [3.63, 3.8) is 0 Å². The lowest BCUT2D eigenvalue weighted by atomic mass is 10.3. The quantitative estimate of drug-likeness (QED) is 0.654. The van der Waals surface area contributed by atoms with Crippen LogP contribution in [0.3, 0.4) is 0 Å². The molecule has 0 aliphatic heterocycles. The third-order valence-electron chi connectivity index (χ3n) is 2.22. The normalized spacial score (nSPS) is 10.3. The Morgan fingerprint density at radius 1 is 1.61 bits per heavy atom. The van der Waals surface area contributed by atoms with E-state index < -0.39 is 5.76 Å². The highest BCUT2D eigenvalue weighted by atomic mass is 35.5. The van der Waals surface area contributed by atoms with E-state index in [2.05, 4.69) is 11.7 Å². The molecule has 0 bridgehead atoms. The molecule has 1 aromatic carbocycles. The average Bonchev–Trinajstić information content (AvgIpc) is 2.70. The Balaban J connectivity index is 2.54. The van der Waals surface area contributed by atoms with E-state index in [0.29, 0.717) is 17.1 Å². The van der Waals surface area contributed by atoms with Crippen LogP contribution in [0, 0.1) is 0 Å². The first kappa shape index (κ1) is 12.4. The summed E-state index contributed by atoms with van der Waals surface area (Å²) in [6, 6.07) is 4.58. The van der Waals surface area contributed by atoms with Gasteiger partial charge in [0.25, 0.3) is 0 Å². The zero-order valence-corrected chi connectivity index (χ0v) is 10.0. The molecule has 2 rings (SSSR count). The lowest BCUT2D eigenvalue weighted by Gasteiger charge is -2.06. The smallest absolute Gasteiger partial charge is 0.392 e. The third-order valence-corrected chi connectivity index (χ3v) is 2.45. The number of anilines is 1. The molecule has 94 valence electrons. The van der Waals surface area contributed by atoms with Gasteiger partial charge in [-0.3, -0.25) is 10.7 Å². The summed E-state index contributed by atoms with van der Waals surface area (Å²) in [6.07, 6.45) is 1.92. The molecule has 0 aliphatic rings. The van der Waals surface area contributed by atoms with Crippen molar-refractivity contribution in [2.75, 3.05) is 5.48 Å². The highest BCUT2D eigenvalue weighted by Gasteiger charge is 2.12. The number of halogens is 1. The van der Waals surface area contributed by atoms with E-state index in [1.54, 1.807) is 18.2 Å². The highest BCUT2D eigenvalue weighted by molar-refractivity contribution is 6.30. The van der Waals surface area contributed by atoms with Crippen LogP contribution in [-0.4, -0.2) is 15.0 Å². The maximum Gasteiger partial charge on any atom is 0.442 e. The third kappa shape index (κ3) is 2.29. The molecule has 2 N–H and O–H groups in total. The number of benzene rings is 1. The van der Waals surface area contributed by atoms with Crippen LogP contribution in [0.25, 0.3) is 5.69 Å². The second-order valence-corrected chi connectivity index (χ2v) is 3.88. The minimum Gasteiger partial charge on any atom is -0.392 e. The van der Waals surface area contributed by atoms with E-state index in [1.165, 1.54) is 6.07 Å². The van der Waals surface area contributed by atoms with Crippen LogP contribution in [-0.2, 0) is 6.42 Å². The van der Waals surface area contributed by atoms with Gasteiger partial charge in [0, 0.05) is 11.4 Å². The lowest BCUT2D eigenvalue weighted by molar-refractivity contribution is 0.388. The lowest BCUT2D eigenvalue weighted by Crippen LogP contribution is -2.15. The van der Waals surface area contributed by atoms with Crippen molar-refractivity contribution >= 4 is 17.3 Å². The van der Waals surface area contributed by atoms with Gasteiger partial charge in [0.05, 0.1) is 11.4 Å². The number of nitrogens with one attached hydrogen (secondary N) is 1. The van der Waals surface area contributed by atoms with Gasteiger partial charge < -0.3 is 4.42 Å². The fourth-order valence-corrected chi connectivity index (χ4v) is 1.63. The maximum atomic E-state index is 11.6. The summed E-state index contributed by atoms with van der Waals surface area (Å²) in [5.41, 5.74) is 2.55. The Morgan fingerprint density at radius 2 is 2.39 bits per heavy atom. The summed E-state index contributed by atoms with van der Waals surface area (Å²) in [5, 5.41) is 13.4. The van der Waals surface area contributed by atoms with Gasteiger partial charge in [-0.2, -0.15) is 4.68 Å². The molecule has 0 fully saturated rings. The molecule has 0 spiro atoms. The minimum absolute atomic E-state index is 0.244. The van der Waals surface area contributed by atoms with Crippen molar-refractivity contribution in [3.8, 4) is 5.69 Å². The van der Waals surface area contributed by atoms with Crippen LogP contribution in [0.5, 0.6) is 0 Å². The predicted octanol–water partition coefficient (Wildman–Crippen LogP) is 2.01. The van der Waals surface area contributed by atoms with Gasteiger partial charge in [0.1, 0.15) is 0 Å². The summed E-state index contributed by atoms with van der Waals surface area (Å²) in [4.78, 5) is 11.6. The van der Waals surface area contributed by atoms with Crippen LogP contribution in [0.1, 0.15) is 5.89 Å². The van der Waals surface area contributed by atoms with Crippen LogP contribution < -0.4 is 11.2 Å². The predicted molar refractivity (Wildman–Crippen MR) is 66.4 cm³/mol. The van der Waals surface area contributed by atoms with Crippen molar-refractivity contribution < 1.29 is 9.62 Å². The molecule has 1 heterocycles. The summed E-state index contributed by atoms with van der Waals surface area (Å²) in [7, 11) is 0. The molecule has 0 radical (unpaired) electrons. The van der Waals surface area contributed by atoms with Crippen molar-refractivity contribution in [1.29, 1.82) is 0 Å². The molecule has 6 nitrogen and oxygen atoms in total. The molecular formula is C11H10ClN3O3. The Kier molecular flexibility index (Phi) is 3.50. The van der Waals surface area contributed by atoms with Crippen molar-refractivity contribution in [3.05, 3.63) is 52.3 Å². The van der Waals surface area contributed by atoms with E-state index in [0.717, 1.165) is 4.68 Å².